The van der Waals surface area contributed by atoms with Crippen LogP contribution in [-0.4, -0.2) is 48.5 Å². The summed E-state index contributed by atoms with van der Waals surface area (Å²) in [5.41, 5.74) is 2.86. The molecule has 0 spiro atoms. The van der Waals surface area contributed by atoms with Crippen molar-refractivity contribution in [2.24, 2.45) is 5.84 Å². The van der Waals surface area contributed by atoms with Crippen LogP contribution in [0.2, 0.25) is 0 Å². The van der Waals surface area contributed by atoms with Crippen LogP contribution in [0.1, 0.15) is 19.8 Å². The Kier molecular flexibility index (Phi) is 6.65. The van der Waals surface area contributed by atoms with Gasteiger partial charge in [0, 0.05) is 40.1 Å². The van der Waals surface area contributed by atoms with Crippen molar-refractivity contribution >= 4 is 33.4 Å². The molecule has 0 aromatic heterocycles. The summed E-state index contributed by atoms with van der Waals surface area (Å²) in [6.45, 7) is 2.22. The maximum Gasteiger partial charge on any atom is 0.147 e. The summed E-state index contributed by atoms with van der Waals surface area (Å²) >= 11 is 3.92. The van der Waals surface area contributed by atoms with Gasteiger partial charge in [-0.3, -0.25) is 11.3 Å². The van der Waals surface area contributed by atoms with Crippen LogP contribution in [0.25, 0.3) is 0 Å². The van der Waals surface area contributed by atoms with Gasteiger partial charge in [0.05, 0.1) is 0 Å². The van der Waals surface area contributed by atoms with Gasteiger partial charge in [0.2, 0.25) is 0 Å². The van der Waals surface area contributed by atoms with Crippen molar-refractivity contribution in [1.82, 2.24) is 5.43 Å². The Balaban J connectivity index is 2.41. The summed E-state index contributed by atoms with van der Waals surface area (Å²) in [7, 11) is -2.85. The first-order valence-electron chi connectivity index (χ1n) is 5.81. The molecular formula is C10H22N2O2S3. The number of rotatable bonds is 6. The molecule has 0 aromatic rings. The van der Waals surface area contributed by atoms with Gasteiger partial charge in [0.25, 0.3) is 0 Å². The van der Waals surface area contributed by atoms with E-state index in [0.29, 0.717) is 16.9 Å². The molecular weight excluding hydrogens is 276 g/mol. The van der Waals surface area contributed by atoms with Crippen molar-refractivity contribution in [3.05, 3.63) is 0 Å². The molecule has 0 bridgehead atoms. The number of hydrazine groups is 1. The number of hydrogen-bond acceptors (Lipinski definition) is 6. The Morgan fingerprint density at radius 1 is 1.41 bits per heavy atom. The topological polar surface area (TPSA) is 72.2 Å². The summed E-state index contributed by atoms with van der Waals surface area (Å²) in [4.78, 5) is 0. The number of nitrogens with one attached hydrogen (secondary N) is 1. The SMILES string of the molecule is CC1SCCSC1C(CCCS(C)(=O)=O)NN. The standard InChI is InChI=1S/C10H22N2O2S3/c1-8-10(16-6-5-15-8)9(12-11)4-3-7-17(2,13)14/h8-10,12H,3-7,11H2,1-2H3. The predicted molar refractivity (Wildman–Crippen MR) is 78.2 cm³/mol. The lowest BCUT2D eigenvalue weighted by molar-refractivity contribution is 0.468. The number of thioether (sulfide) groups is 2. The first-order chi connectivity index (χ1) is 7.94. The highest BCUT2D eigenvalue weighted by molar-refractivity contribution is 8.07. The average molecular weight is 298 g/mol. The van der Waals surface area contributed by atoms with E-state index < -0.39 is 9.84 Å². The second-order valence-corrected chi connectivity index (χ2v) is 9.49. The summed E-state index contributed by atoms with van der Waals surface area (Å²) in [5, 5.41) is 1.06. The molecule has 3 atom stereocenters. The van der Waals surface area contributed by atoms with Gasteiger partial charge in [-0.1, -0.05) is 6.92 Å². The van der Waals surface area contributed by atoms with Crippen LogP contribution in [0, 0.1) is 0 Å². The van der Waals surface area contributed by atoms with Crippen molar-refractivity contribution < 1.29 is 8.42 Å². The highest BCUT2D eigenvalue weighted by atomic mass is 32.2. The largest absolute Gasteiger partial charge is 0.271 e. The minimum atomic E-state index is -2.85. The zero-order chi connectivity index (χ0) is 12.9. The van der Waals surface area contributed by atoms with E-state index in [4.69, 9.17) is 5.84 Å². The minimum absolute atomic E-state index is 0.213. The zero-order valence-corrected chi connectivity index (χ0v) is 12.8. The molecule has 1 aliphatic heterocycles. The van der Waals surface area contributed by atoms with Crippen LogP contribution in [0.3, 0.4) is 0 Å². The molecule has 1 fully saturated rings. The quantitative estimate of drug-likeness (QED) is 0.560. The summed E-state index contributed by atoms with van der Waals surface area (Å²) < 4.78 is 22.2. The van der Waals surface area contributed by atoms with Crippen molar-refractivity contribution in [1.29, 1.82) is 0 Å². The smallest absolute Gasteiger partial charge is 0.147 e. The number of hydrogen-bond donors (Lipinski definition) is 2. The third-order valence-electron chi connectivity index (χ3n) is 2.88. The van der Waals surface area contributed by atoms with Crippen molar-refractivity contribution in [3.63, 3.8) is 0 Å². The van der Waals surface area contributed by atoms with Crippen molar-refractivity contribution in [3.8, 4) is 0 Å². The first-order valence-corrected chi connectivity index (χ1v) is 9.97. The van der Waals surface area contributed by atoms with Gasteiger partial charge in [0.1, 0.15) is 9.84 Å². The summed E-state index contributed by atoms with van der Waals surface area (Å²) in [5.74, 6) is 8.20. The molecule has 0 amide bonds. The Morgan fingerprint density at radius 2 is 2.06 bits per heavy atom. The Hall–Kier alpha value is 0.570. The van der Waals surface area contributed by atoms with E-state index in [-0.39, 0.29) is 11.8 Å². The van der Waals surface area contributed by atoms with Gasteiger partial charge >= 0.3 is 0 Å². The Labute approximate surface area is 113 Å². The third kappa shape index (κ3) is 5.83. The van der Waals surface area contributed by atoms with Gasteiger partial charge in [-0.15, -0.1) is 0 Å². The van der Waals surface area contributed by atoms with Crippen LogP contribution in [0.15, 0.2) is 0 Å². The molecule has 3 N–H and O–H groups in total. The predicted octanol–water partition coefficient (Wildman–Crippen LogP) is 0.880. The molecule has 0 aliphatic carbocycles. The van der Waals surface area contributed by atoms with E-state index in [1.165, 1.54) is 12.0 Å². The first kappa shape index (κ1) is 15.6. The van der Waals surface area contributed by atoms with Gasteiger partial charge in [-0.05, 0) is 12.8 Å². The fourth-order valence-corrected chi connectivity index (χ4v) is 5.67. The number of sulfone groups is 1. The monoisotopic (exact) mass is 298 g/mol. The third-order valence-corrected chi connectivity index (χ3v) is 7.16. The van der Waals surface area contributed by atoms with E-state index in [0.717, 1.165) is 12.2 Å². The highest BCUT2D eigenvalue weighted by Gasteiger charge is 2.29. The van der Waals surface area contributed by atoms with Crippen LogP contribution < -0.4 is 11.3 Å². The molecule has 3 unspecified atom stereocenters. The molecule has 7 heteroatoms. The van der Waals surface area contributed by atoms with E-state index in [2.05, 4.69) is 12.3 Å². The Bertz CT molecular complexity index is 322. The average Bonchev–Trinajstić information content (AvgIpc) is 2.24. The molecule has 1 rings (SSSR count). The van der Waals surface area contributed by atoms with Crippen LogP contribution in [0.5, 0.6) is 0 Å². The van der Waals surface area contributed by atoms with Crippen LogP contribution in [-0.2, 0) is 9.84 Å². The van der Waals surface area contributed by atoms with E-state index in [1.54, 1.807) is 0 Å². The second kappa shape index (κ2) is 7.23. The normalized spacial score (nSPS) is 27.9. The summed E-state index contributed by atoms with van der Waals surface area (Å²) in [6, 6.07) is 0.213. The van der Waals surface area contributed by atoms with Crippen LogP contribution >= 0.6 is 23.5 Å². The van der Waals surface area contributed by atoms with E-state index in [9.17, 15) is 8.42 Å². The molecule has 1 aliphatic rings. The molecule has 1 saturated heterocycles. The second-order valence-electron chi connectivity index (χ2n) is 4.46. The maximum absolute atomic E-state index is 11.1. The maximum atomic E-state index is 11.1. The molecule has 0 aromatic carbocycles. The highest BCUT2D eigenvalue weighted by Crippen LogP contribution is 2.33. The van der Waals surface area contributed by atoms with Gasteiger partial charge in [-0.2, -0.15) is 23.5 Å². The van der Waals surface area contributed by atoms with Crippen molar-refractivity contribution in [2.45, 2.75) is 36.3 Å². The lowest BCUT2D eigenvalue weighted by Gasteiger charge is -2.34. The fourth-order valence-electron chi connectivity index (χ4n) is 2.00. The lowest BCUT2D eigenvalue weighted by atomic mass is 10.1. The number of nitrogens with two attached hydrogens (primary N) is 1. The molecule has 102 valence electrons. The van der Waals surface area contributed by atoms with Gasteiger partial charge < -0.3 is 0 Å². The fraction of sp³-hybridized carbons (Fsp3) is 1.00. The Morgan fingerprint density at radius 3 is 2.59 bits per heavy atom. The molecule has 0 radical (unpaired) electrons. The van der Waals surface area contributed by atoms with E-state index >= 15 is 0 Å². The lowest BCUT2D eigenvalue weighted by Crippen LogP contribution is -2.47. The molecule has 17 heavy (non-hydrogen) atoms. The molecule has 0 saturated carbocycles. The molecule has 1 heterocycles. The minimum Gasteiger partial charge on any atom is -0.271 e. The van der Waals surface area contributed by atoms with Crippen LogP contribution in [0.4, 0.5) is 0 Å². The van der Waals surface area contributed by atoms with Gasteiger partial charge in [-0.25, -0.2) is 8.42 Å². The zero-order valence-electron chi connectivity index (χ0n) is 10.4. The van der Waals surface area contributed by atoms with E-state index in [1.807, 2.05) is 23.5 Å². The summed E-state index contributed by atoms with van der Waals surface area (Å²) in [6.07, 6.45) is 2.79. The van der Waals surface area contributed by atoms with Gasteiger partial charge in [0.15, 0.2) is 0 Å². The molecule has 4 nitrogen and oxygen atoms in total. The van der Waals surface area contributed by atoms with Crippen molar-refractivity contribution in [2.75, 3.05) is 23.5 Å².